The highest BCUT2D eigenvalue weighted by molar-refractivity contribution is 5.32. The van der Waals surface area contributed by atoms with Gasteiger partial charge in [-0.25, -0.2) is 0 Å². The number of aliphatic hydroxyl groups excluding tert-OH is 1. The molecule has 0 spiro atoms. The van der Waals surface area contributed by atoms with Gasteiger partial charge in [0.1, 0.15) is 24.2 Å². The molecule has 114 valence electrons. The van der Waals surface area contributed by atoms with Crippen LogP contribution in [0.5, 0.6) is 11.5 Å². The van der Waals surface area contributed by atoms with Gasteiger partial charge in [0, 0.05) is 18.7 Å². The van der Waals surface area contributed by atoms with Gasteiger partial charge < -0.3 is 19.9 Å². The molecule has 0 aromatic heterocycles. The summed E-state index contributed by atoms with van der Waals surface area (Å²) in [5, 5.41) is 13.3. The van der Waals surface area contributed by atoms with Gasteiger partial charge in [-0.3, -0.25) is 0 Å². The molecular formula is C16H27NO3. The molecule has 0 heterocycles. The van der Waals surface area contributed by atoms with Crippen LogP contribution in [0.1, 0.15) is 27.7 Å². The lowest BCUT2D eigenvalue weighted by molar-refractivity contribution is 0.0985. The smallest absolute Gasteiger partial charge is 0.123 e. The van der Waals surface area contributed by atoms with Gasteiger partial charge in [0.25, 0.3) is 0 Å². The molecule has 0 saturated carbocycles. The van der Waals surface area contributed by atoms with Crippen LogP contribution in [0.15, 0.2) is 24.3 Å². The van der Waals surface area contributed by atoms with Crippen molar-refractivity contribution < 1.29 is 14.6 Å². The van der Waals surface area contributed by atoms with Crippen LogP contribution in [0.3, 0.4) is 0 Å². The summed E-state index contributed by atoms with van der Waals surface area (Å²) in [6.45, 7) is 9.41. The lowest BCUT2D eigenvalue weighted by atomic mass is 9.88. The van der Waals surface area contributed by atoms with Crippen molar-refractivity contribution in [1.82, 2.24) is 5.32 Å². The molecule has 1 aromatic rings. The van der Waals surface area contributed by atoms with Crippen molar-refractivity contribution in [2.75, 3.05) is 20.3 Å². The van der Waals surface area contributed by atoms with Gasteiger partial charge in [-0.2, -0.15) is 0 Å². The van der Waals surface area contributed by atoms with E-state index < -0.39 is 6.10 Å². The average molecular weight is 281 g/mol. The number of ether oxygens (including phenoxy) is 2. The van der Waals surface area contributed by atoms with E-state index in [1.807, 2.05) is 18.2 Å². The molecule has 0 aliphatic heterocycles. The van der Waals surface area contributed by atoms with Crippen molar-refractivity contribution in [2.45, 2.75) is 39.8 Å². The minimum absolute atomic E-state index is 0.174. The summed E-state index contributed by atoms with van der Waals surface area (Å²) < 4.78 is 10.7. The van der Waals surface area contributed by atoms with Crippen molar-refractivity contribution in [3.8, 4) is 11.5 Å². The Morgan fingerprint density at radius 2 is 1.90 bits per heavy atom. The highest BCUT2D eigenvalue weighted by Gasteiger charge is 2.20. The summed E-state index contributed by atoms with van der Waals surface area (Å²) in [4.78, 5) is 0. The van der Waals surface area contributed by atoms with E-state index in [0.717, 1.165) is 5.75 Å². The Bertz CT molecular complexity index is 401. The summed E-state index contributed by atoms with van der Waals surface area (Å²) in [5.74, 6) is 1.45. The molecule has 1 aromatic carbocycles. The van der Waals surface area contributed by atoms with Crippen molar-refractivity contribution in [3.05, 3.63) is 24.3 Å². The Morgan fingerprint density at radius 1 is 1.25 bits per heavy atom. The largest absolute Gasteiger partial charge is 0.497 e. The second-order valence-electron chi connectivity index (χ2n) is 6.14. The van der Waals surface area contributed by atoms with Crippen molar-refractivity contribution in [1.29, 1.82) is 0 Å². The number of hydrogen-bond acceptors (Lipinski definition) is 4. The van der Waals surface area contributed by atoms with Gasteiger partial charge in [-0.15, -0.1) is 0 Å². The lowest BCUT2D eigenvalue weighted by Gasteiger charge is -2.29. The molecule has 20 heavy (non-hydrogen) atoms. The summed E-state index contributed by atoms with van der Waals surface area (Å²) in [6.07, 6.45) is -0.536. The second kappa shape index (κ2) is 7.50. The van der Waals surface area contributed by atoms with Crippen LogP contribution >= 0.6 is 0 Å². The number of hydrogen-bond donors (Lipinski definition) is 2. The molecule has 2 atom stereocenters. The van der Waals surface area contributed by atoms with E-state index in [1.54, 1.807) is 13.2 Å². The van der Waals surface area contributed by atoms with Gasteiger partial charge >= 0.3 is 0 Å². The molecule has 2 unspecified atom stereocenters. The average Bonchev–Trinajstić information content (AvgIpc) is 2.41. The van der Waals surface area contributed by atoms with E-state index >= 15 is 0 Å². The monoisotopic (exact) mass is 281 g/mol. The Labute approximate surface area is 122 Å². The first-order chi connectivity index (χ1) is 9.32. The molecular weight excluding hydrogens is 254 g/mol. The van der Waals surface area contributed by atoms with Crippen LogP contribution in [0.2, 0.25) is 0 Å². The van der Waals surface area contributed by atoms with Gasteiger partial charge in [0.15, 0.2) is 0 Å². The Balaban J connectivity index is 2.34. The van der Waals surface area contributed by atoms with E-state index in [9.17, 15) is 5.11 Å². The molecule has 0 amide bonds. The maximum Gasteiger partial charge on any atom is 0.123 e. The minimum atomic E-state index is -0.536. The summed E-state index contributed by atoms with van der Waals surface area (Å²) in [5.41, 5.74) is 0.174. The molecule has 0 bridgehead atoms. The Morgan fingerprint density at radius 3 is 2.50 bits per heavy atom. The number of benzene rings is 1. The zero-order valence-corrected chi connectivity index (χ0v) is 13.1. The molecule has 0 aliphatic carbocycles. The Kier molecular flexibility index (Phi) is 6.30. The molecule has 0 saturated heterocycles. The highest BCUT2D eigenvalue weighted by atomic mass is 16.5. The van der Waals surface area contributed by atoms with Crippen molar-refractivity contribution >= 4 is 0 Å². The quantitative estimate of drug-likeness (QED) is 0.806. The number of rotatable bonds is 7. The van der Waals surface area contributed by atoms with Crippen LogP contribution in [-0.4, -0.2) is 37.5 Å². The van der Waals surface area contributed by atoms with Crippen LogP contribution in [0.25, 0.3) is 0 Å². The molecule has 0 aliphatic rings. The fourth-order valence-corrected chi connectivity index (χ4v) is 1.56. The molecule has 0 radical (unpaired) electrons. The molecule has 4 nitrogen and oxygen atoms in total. The number of aliphatic hydroxyl groups is 1. The third kappa shape index (κ3) is 5.80. The maximum absolute atomic E-state index is 9.93. The highest BCUT2D eigenvalue weighted by Crippen LogP contribution is 2.19. The van der Waals surface area contributed by atoms with E-state index in [-0.39, 0.29) is 12.0 Å². The van der Waals surface area contributed by atoms with Crippen LogP contribution < -0.4 is 14.8 Å². The second-order valence-corrected chi connectivity index (χ2v) is 6.14. The van der Waals surface area contributed by atoms with Crippen molar-refractivity contribution in [3.63, 3.8) is 0 Å². The number of nitrogens with one attached hydrogen (secondary N) is 1. The van der Waals surface area contributed by atoms with E-state index in [4.69, 9.17) is 9.47 Å². The zero-order chi connectivity index (χ0) is 15.2. The van der Waals surface area contributed by atoms with Crippen LogP contribution in [-0.2, 0) is 0 Å². The fourth-order valence-electron chi connectivity index (χ4n) is 1.56. The summed E-state index contributed by atoms with van der Waals surface area (Å²) >= 11 is 0. The standard InChI is InChI=1S/C16H27NO3/c1-12(16(2,3)4)17-10-13(18)11-20-15-8-6-7-14(9-15)19-5/h6-9,12-13,17-18H,10-11H2,1-5H3. The lowest BCUT2D eigenvalue weighted by Crippen LogP contribution is -2.42. The third-order valence-corrected chi connectivity index (χ3v) is 3.44. The summed E-state index contributed by atoms with van der Waals surface area (Å²) in [7, 11) is 1.62. The van der Waals surface area contributed by atoms with E-state index in [1.165, 1.54) is 0 Å². The van der Waals surface area contributed by atoms with Gasteiger partial charge in [-0.1, -0.05) is 26.8 Å². The first-order valence-corrected chi connectivity index (χ1v) is 7.01. The summed E-state index contributed by atoms with van der Waals surface area (Å²) in [6, 6.07) is 7.70. The van der Waals surface area contributed by atoms with E-state index in [0.29, 0.717) is 18.3 Å². The van der Waals surface area contributed by atoms with Crippen molar-refractivity contribution in [2.24, 2.45) is 5.41 Å². The van der Waals surface area contributed by atoms with Gasteiger partial charge in [0.2, 0.25) is 0 Å². The van der Waals surface area contributed by atoms with Gasteiger partial charge in [-0.05, 0) is 24.5 Å². The zero-order valence-electron chi connectivity index (χ0n) is 13.1. The topological polar surface area (TPSA) is 50.7 Å². The molecule has 2 N–H and O–H groups in total. The molecule has 1 rings (SSSR count). The van der Waals surface area contributed by atoms with Gasteiger partial charge in [0.05, 0.1) is 7.11 Å². The molecule has 0 fully saturated rings. The maximum atomic E-state index is 9.93. The minimum Gasteiger partial charge on any atom is -0.497 e. The Hall–Kier alpha value is -1.26. The third-order valence-electron chi connectivity index (χ3n) is 3.44. The SMILES string of the molecule is COc1cccc(OCC(O)CNC(C)C(C)(C)C)c1. The molecule has 4 heteroatoms. The predicted molar refractivity (Wildman–Crippen MR) is 81.4 cm³/mol. The first-order valence-electron chi connectivity index (χ1n) is 7.01. The normalized spacial score (nSPS) is 14.7. The predicted octanol–water partition coefficient (Wildman–Crippen LogP) is 2.46. The first kappa shape index (κ1) is 16.8. The van der Waals surface area contributed by atoms with Crippen LogP contribution in [0, 0.1) is 5.41 Å². The fraction of sp³-hybridized carbons (Fsp3) is 0.625. The van der Waals surface area contributed by atoms with E-state index in [2.05, 4.69) is 33.0 Å². The van der Waals surface area contributed by atoms with Crippen LogP contribution in [0.4, 0.5) is 0 Å². The number of methoxy groups -OCH3 is 1.